The number of hydrogen-bond acceptors (Lipinski definition) is 3. The normalized spacial score (nSPS) is 8.47. The van der Waals surface area contributed by atoms with E-state index in [0.717, 1.165) is 5.56 Å². The molecule has 0 aliphatic rings. The van der Waals surface area contributed by atoms with E-state index in [-0.39, 0.29) is 21.1 Å². The molecule has 1 aromatic carbocycles. The van der Waals surface area contributed by atoms with Gasteiger partial charge in [0, 0.05) is 28.0 Å². The Kier molecular flexibility index (Phi) is 6.89. The van der Waals surface area contributed by atoms with E-state index >= 15 is 0 Å². The van der Waals surface area contributed by atoms with Crippen LogP contribution in [0.1, 0.15) is 19.7 Å². The van der Waals surface area contributed by atoms with Crippen LogP contribution in [0.25, 0.3) is 11.4 Å². The fraction of sp³-hybridized carbons (Fsp3) is 0.273. The van der Waals surface area contributed by atoms with Gasteiger partial charge in [-0.25, -0.2) is 0 Å². The van der Waals surface area contributed by atoms with Gasteiger partial charge in [0.05, 0.1) is 0 Å². The molecular formula is C11H13N2OW-. The molecule has 0 bridgehead atoms. The Balaban J connectivity index is 0.000000617. The van der Waals surface area contributed by atoms with Gasteiger partial charge in [0.15, 0.2) is 5.82 Å². The van der Waals surface area contributed by atoms with Crippen molar-refractivity contribution in [3.8, 4) is 11.4 Å². The molecule has 0 unspecified atom stereocenters. The number of aromatic nitrogens is 2. The van der Waals surface area contributed by atoms with Crippen LogP contribution in [0, 0.1) is 13.0 Å². The molecule has 0 aliphatic carbocycles. The van der Waals surface area contributed by atoms with Gasteiger partial charge in [-0.15, -0.1) is 0 Å². The molecule has 80 valence electrons. The van der Waals surface area contributed by atoms with E-state index in [1.165, 1.54) is 0 Å². The summed E-state index contributed by atoms with van der Waals surface area (Å²) in [7, 11) is 0. The quantitative estimate of drug-likeness (QED) is 0.722. The molecule has 3 nitrogen and oxygen atoms in total. The molecule has 0 fully saturated rings. The summed E-state index contributed by atoms with van der Waals surface area (Å²) >= 11 is 0. The van der Waals surface area contributed by atoms with E-state index in [2.05, 4.69) is 16.2 Å². The molecule has 4 heteroatoms. The largest absolute Gasteiger partial charge is 0.339 e. The number of aryl methyl sites for hydroxylation is 1. The van der Waals surface area contributed by atoms with Crippen molar-refractivity contribution in [2.45, 2.75) is 20.8 Å². The average molecular weight is 373 g/mol. The van der Waals surface area contributed by atoms with Gasteiger partial charge in [0.2, 0.25) is 5.89 Å². The molecule has 0 aliphatic heterocycles. The van der Waals surface area contributed by atoms with E-state index in [0.29, 0.717) is 11.7 Å². The first-order valence-corrected chi connectivity index (χ1v) is 4.63. The minimum atomic E-state index is 0. The number of nitrogens with zero attached hydrogens (tertiary/aromatic N) is 2. The van der Waals surface area contributed by atoms with E-state index in [1.54, 1.807) is 6.92 Å². The average Bonchev–Trinajstić information content (AvgIpc) is 2.69. The van der Waals surface area contributed by atoms with Crippen molar-refractivity contribution in [2.75, 3.05) is 0 Å². The zero-order chi connectivity index (χ0) is 10.4. The Bertz CT molecular complexity index is 373. The maximum absolute atomic E-state index is 4.85. The summed E-state index contributed by atoms with van der Waals surface area (Å²) in [6.45, 7) is 5.77. The number of hydrogen-bond donors (Lipinski definition) is 0. The van der Waals surface area contributed by atoms with Crippen LogP contribution in [-0.2, 0) is 21.1 Å². The van der Waals surface area contributed by atoms with Crippen LogP contribution >= 0.6 is 0 Å². The fourth-order valence-electron chi connectivity index (χ4n) is 0.952. The number of benzene rings is 1. The standard InChI is InChI=1S/C9H7N2O.C2H6.W/c1-7-10-9(11-12-7)8-5-3-2-4-6-8;1-2;/h3-6H,1H3;1-2H3;/q-1;;. The van der Waals surface area contributed by atoms with Gasteiger partial charge in [-0.3, -0.25) is 0 Å². The van der Waals surface area contributed by atoms with Crippen molar-refractivity contribution in [1.82, 2.24) is 10.1 Å². The predicted octanol–water partition coefficient (Wildman–Crippen LogP) is 2.87. The minimum absolute atomic E-state index is 0. The molecular weight excluding hydrogens is 360 g/mol. The molecule has 0 saturated heterocycles. The number of rotatable bonds is 1. The van der Waals surface area contributed by atoms with Crippen LogP contribution in [0.5, 0.6) is 0 Å². The molecule has 0 amide bonds. The second-order valence-corrected chi connectivity index (χ2v) is 2.43. The second-order valence-electron chi connectivity index (χ2n) is 2.43. The maximum atomic E-state index is 4.85. The van der Waals surface area contributed by atoms with E-state index in [9.17, 15) is 0 Å². The van der Waals surface area contributed by atoms with Crippen molar-refractivity contribution >= 4 is 0 Å². The maximum Gasteiger partial charge on any atom is 0.223 e. The van der Waals surface area contributed by atoms with Crippen LogP contribution < -0.4 is 0 Å². The summed E-state index contributed by atoms with van der Waals surface area (Å²) in [5.41, 5.74) is 0.950. The third kappa shape index (κ3) is 3.96. The molecule has 2 rings (SSSR count). The van der Waals surface area contributed by atoms with Gasteiger partial charge in [0.25, 0.3) is 0 Å². The third-order valence-electron chi connectivity index (χ3n) is 1.50. The van der Waals surface area contributed by atoms with Crippen LogP contribution in [0.4, 0.5) is 0 Å². The molecule has 0 saturated carbocycles. The van der Waals surface area contributed by atoms with Gasteiger partial charge < -0.3 is 4.52 Å². The van der Waals surface area contributed by atoms with E-state index in [4.69, 9.17) is 4.52 Å². The molecule has 0 spiro atoms. The Labute approximate surface area is 104 Å². The van der Waals surface area contributed by atoms with Crippen molar-refractivity contribution in [2.24, 2.45) is 0 Å². The van der Waals surface area contributed by atoms with Crippen LogP contribution in [0.2, 0.25) is 0 Å². The first-order chi connectivity index (χ1) is 6.86. The first kappa shape index (κ1) is 14.0. The molecule has 0 atom stereocenters. The van der Waals surface area contributed by atoms with Gasteiger partial charge in [-0.1, -0.05) is 24.6 Å². The van der Waals surface area contributed by atoms with Gasteiger partial charge in [-0.05, 0) is 0 Å². The van der Waals surface area contributed by atoms with E-state index in [1.807, 2.05) is 38.1 Å². The first-order valence-electron chi connectivity index (χ1n) is 4.63. The Morgan fingerprint density at radius 2 is 1.80 bits per heavy atom. The zero-order valence-electron chi connectivity index (χ0n) is 9.02. The second kappa shape index (κ2) is 7.35. The van der Waals surface area contributed by atoms with Crippen molar-refractivity contribution < 1.29 is 25.6 Å². The van der Waals surface area contributed by atoms with Crippen LogP contribution in [-0.4, -0.2) is 10.1 Å². The Morgan fingerprint density at radius 3 is 2.27 bits per heavy atom. The summed E-state index contributed by atoms with van der Waals surface area (Å²) in [6, 6.07) is 10.4. The van der Waals surface area contributed by atoms with Gasteiger partial charge >= 0.3 is 0 Å². The molecule has 0 N–H and O–H groups in total. The van der Waals surface area contributed by atoms with Crippen LogP contribution in [0.15, 0.2) is 28.8 Å². The predicted molar refractivity (Wildman–Crippen MR) is 54.7 cm³/mol. The molecule has 1 heterocycles. The van der Waals surface area contributed by atoms with Crippen molar-refractivity contribution in [3.63, 3.8) is 0 Å². The summed E-state index contributed by atoms with van der Waals surface area (Å²) in [4.78, 5) is 4.09. The Morgan fingerprint density at radius 1 is 1.20 bits per heavy atom. The zero-order valence-corrected chi connectivity index (χ0v) is 12.0. The summed E-state index contributed by atoms with van der Waals surface area (Å²) in [6.07, 6.45) is 0. The van der Waals surface area contributed by atoms with Gasteiger partial charge in [-0.2, -0.15) is 35.3 Å². The van der Waals surface area contributed by atoms with Crippen molar-refractivity contribution in [3.05, 3.63) is 36.2 Å². The smallest absolute Gasteiger partial charge is 0.223 e. The molecule has 1 aromatic heterocycles. The molecule has 2 aromatic rings. The Hall–Kier alpha value is -0.952. The monoisotopic (exact) mass is 373 g/mol. The minimum Gasteiger partial charge on any atom is -0.339 e. The van der Waals surface area contributed by atoms with Crippen molar-refractivity contribution in [1.29, 1.82) is 0 Å². The van der Waals surface area contributed by atoms with E-state index < -0.39 is 0 Å². The summed E-state index contributed by atoms with van der Waals surface area (Å²) in [5, 5.41) is 3.79. The van der Waals surface area contributed by atoms with Crippen LogP contribution in [0.3, 0.4) is 0 Å². The summed E-state index contributed by atoms with van der Waals surface area (Å²) < 4.78 is 4.85. The SMILES string of the molecule is CC.Cc1nc(-c2cc[c-]cc2)no1.[W]. The molecule has 15 heavy (non-hydrogen) atoms. The fourth-order valence-corrected chi connectivity index (χ4v) is 0.952. The molecule has 0 radical (unpaired) electrons. The summed E-state index contributed by atoms with van der Waals surface area (Å²) in [5.74, 6) is 1.21. The third-order valence-corrected chi connectivity index (χ3v) is 1.50. The topological polar surface area (TPSA) is 38.9 Å². The van der Waals surface area contributed by atoms with Gasteiger partial charge in [0.1, 0.15) is 0 Å².